The van der Waals surface area contributed by atoms with Crippen molar-refractivity contribution in [1.82, 2.24) is 20.2 Å². The zero-order valence-corrected chi connectivity index (χ0v) is 8.81. The zero-order valence-electron chi connectivity index (χ0n) is 8.81. The molecule has 0 atom stereocenters. The molecule has 2 aromatic heterocycles. The fraction of sp³-hybridized carbons (Fsp3) is 0.0833. The molecular formula is C12H10N4. The number of benzene rings is 1. The summed E-state index contributed by atoms with van der Waals surface area (Å²) in [6.45, 7) is 1.88. The number of aromatic amines is 1. The minimum Gasteiger partial charge on any atom is -0.278 e. The van der Waals surface area contributed by atoms with Gasteiger partial charge in [-0.1, -0.05) is 6.07 Å². The Morgan fingerprint density at radius 1 is 1.00 bits per heavy atom. The molecule has 0 aliphatic rings. The highest BCUT2D eigenvalue weighted by Gasteiger charge is 2.01. The molecule has 0 saturated carbocycles. The van der Waals surface area contributed by atoms with Crippen molar-refractivity contribution in [2.75, 3.05) is 0 Å². The molecule has 0 unspecified atom stereocenters. The van der Waals surface area contributed by atoms with E-state index in [2.05, 4.69) is 26.2 Å². The normalized spacial score (nSPS) is 10.8. The van der Waals surface area contributed by atoms with Crippen LogP contribution in [0.4, 0.5) is 0 Å². The monoisotopic (exact) mass is 210 g/mol. The number of H-pyrrole nitrogens is 1. The summed E-state index contributed by atoms with van der Waals surface area (Å²) in [5.41, 5.74) is 3.17. The average Bonchev–Trinajstić information content (AvgIpc) is 2.77. The molecule has 16 heavy (non-hydrogen) atoms. The third kappa shape index (κ3) is 1.44. The summed E-state index contributed by atoms with van der Waals surface area (Å²) in [6.07, 6.45) is 5.49. The molecule has 4 nitrogen and oxygen atoms in total. The van der Waals surface area contributed by atoms with Crippen molar-refractivity contribution in [3.63, 3.8) is 0 Å². The second-order valence-electron chi connectivity index (χ2n) is 3.69. The number of hydrogen-bond acceptors (Lipinski definition) is 3. The van der Waals surface area contributed by atoms with Gasteiger partial charge in [-0.25, -0.2) is 9.97 Å². The summed E-state index contributed by atoms with van der Waals surface area (Å²) < 4.78 is 0. The lowest BCUT2D eigenvalue weighted by molar-refractivity contribution is 1.06. The van der Waals surface area contributed by atoms with Crippen LogP contribution < -0.4 is 0 Å². The number of rotatable bonds is 1. The molecule has 1 N–H and O–H groups in total. The van der Waals surface area contributed by atoms with Crippen LogP contribution in [-0.2, 0) is 0 Å². The predicted octanol–water partition coefficient (Wildman–Crippen LogP) is 2.33. The van der Waals surface area contributed by atoms with Crippen molar-refractivity contribution in [3.05, 3.63) is 42.6 Å². The van der Waals surface area contributed by atoms with E-state index < -0.39 is 0 Å². The fourth-order valence-corrected chi connectivity index (χ4v) is 1.66. The Bertz CT molecular complexity index is 625. The molecule has 1 aromatic carbocycles. The van der Waals surface area contributed by atoms with Crippen LogP contribution in [0.5, 0.6) is 0 Å². The van der Waals surface area contributed by atoms with Crippen molar-refractivity contribution in [2.45, 2.75) is 6.92 Å². The van der Waals surface area contributed by atoms with E-state index in [1.54, 1.807) is 0 Å². The van der Waals surface area contributed by atoms with Crippen molar-refractivity contribution in [1.29, 1.82) is 0 Å². The van der Waals surface area contributed by atoms with Gasteiger partial charge >= 0.3 is 0 Å². The van der Waals surface area contributed by atoms with Crippen LogP contribution in [0.1, 0.15) is 5.82 Å². The van der Waals surface area contributed by atoms with Crippen LogP contribution in [0, 0.1) is 6.92 Å². The number of fused-ring (bicyclic) bond motifs is 1. The number of nitrogens with zero attached hydrogens (tertiary/aromatic N) is 3. The highest BCUT2D eigenvalue weighted by Crippen LogP contribution is 2.21. The van der Waals surface area contributed by atoms with Gasteiger partial charge < -0.3 is 0 Å². The Morgan fingerprint density at radius 2 is 1.81 bits per heavy atom. The maximum absolute atomic E-state index is 4.19. The first-order valence-electron chi connectivity index (χ1n) is 5.05. The van der Waals surface area contributed by atoms with Gasteiger partial charge in [-0.2, -0.15) is 5.10 Å². The molecule has 0 aliphatic carbocycles. The molecule has 4 heteroatoms. The summed E-state index contributed by atoms with van der Waals surface area (Å²) in [5, 5.41) is 8.02. The van der Waals surface area contributed by atoms with E-state index in [1.807, 2.05) is 37.6 Å². The Morgan fingerprint density at radius 3 is 2.62 bits per heavy atom. The van der Waals surface area contributed by atoms with Crippen LogP contribution in [0.15, 0.2) is 36.8 Å². The van der Waals surface area contributed by atoms with Gasteiger partial charge in [0.25, 0.3) is 0 Å². The summed E-state index contributed by atoms with van der Waals surface area (Å²) in [4.78, 5) is 8.38. The molecule has 3 rings (SSSR count). The van der Waals surface area contributed by atoms with E-state index >= 15 is 0 Å². The molecular weight excluding hydrogens is 200 g/mol. The third-order valence-corrected chi connectivity index (χ3v) is 2.55. The lowest BCUT2D eigenvalue weighted by Gasteiger charge is -2.00. The molecule has 0 amide bonds. The molecule has 0 bridgehead atoms. The summed E-state index contributed by atoms with van der Waals surface area (Å²) in [6, 6.07) is 6.12. The quantitative estimate of drug-likeness (QED) is 0.670. The maximum atomic E-state index is 4.19. The van der Waals surface area contributed by atoms with E-state index in [1.165, 1.54) is 0 Å². The Balaban J connectivity index is 2.14. The second-order valence-corrected chi connectivity index (χ2v) is 3.69. The molecule has 0 radical (unpaired) electrons. The molecule has 0 aliphatic heterocycles. The first-order chi connectivity index (χ1) is 7.83. The van der Waals surface area contributed by atoms with Gasteiger partial charge in [-0.15, -0.1) is 0 Å². The Hall–Kier alpha value is -2.23. The molecule has 0 spiro atoms. The molecule has 3 aromatic rings. The van der Waals surface area contributed by atoms with E-state index in [4.69, 9.17) is 0 Å². The molecule has 0 saturated heterocycles. The highest BCUT2D eigenvalue weighted by atomic mass is 15.1. The van der Waals surface area contributed by atoms with Crippen LogP contribution in [0.2, 0.25) is 0 Å². The predicted molar refractivity (Wildman–Crippen MR) is 61.9 cm³/mol. The van der Waals surface area contributed by atoms with E-state index in [0.717, 1.165) is 27.9 Å². The van der Waals surface area contributed by atoms with E-state index in [0.29, 0.717) is 0 Å². The van der Waals surface area contributed by atoms with Crippen LogP contribution >= 0.6 is 0 Å². The van der Waals surface area contributed by atoms with Crippen molar-refractivity contribution in [2.24, 2.45) is 0 Å². The Kier molecular flexibility index (Phi) is 1.93. The van der Waals surface area contributed by atoms with Crippen molar-refractivity contribution >= 4 is 10.9 Å². The van der Waals surface area contributed by atoms with Crippen molar-refractivity contribution < 1.29 is 0 Å². The minimum atomic E-state index is 0.785. The summed E-state index contributed by atoms with van der Waals surface area (Å²) in [5.74, 6) is 0.785. The van der Waals surface area contributed by atoms with E-state index in [-0.39, 0.29) is 0 Å². The van der Waals surface area contributed by atoms with Crippen LogP contribution in [-0.4, -0.2) is 20.2 Å². The second kappa shape index (κ2) is 3.41. The third-order valence-electron chi connectivity index (χ3n) is 2.55. The van der Waals surface area contributed by atoms with Crippen molar-refractivity contribution in [3.8, 4) is 11.1 Å². The molecule has 0 fully saturated rings. The summed E-state index contributed by atoms with van der Waals surface area (Å²) >= 11 is 0. The van der Waals surface area contributed by atoms with Gasteiger partial charge in [0.2, 0.25) is 0 Å². The average molecular weight is 210 g/mol. The van der Waals surface area contributed by atoms with Gasteiger partial charge in [-0.05, 0) is 24.6 Å². The lowest BCUT2D eigenvalue weighted by Crippen LogP contribution is -1.87. The standard InChI is InChI=1S/C12H10N4/c1-8-13-5-11(6-14-8)9-2-3-12-10(4-9)7-15-16-12/h2-7H,1H3,(H,15,16). The molecule has 78 valence electrons. The van der Waals surface area contributed by atoms with Crippen LogP contribution in [0.25, 0.3) is 22.0 Å². The molecule has 2 heterocycles. The van der Waals surface area contributed by atoms with Crippen LogP contribution in [0.3, 0.4) is 0 Å². The number of aromatic nitrogens is 4. The van der Waals surface area contributed by atoms with Gasteiger partial charge in [0.1, 0.15) is 5.82 Å². The van der Waals surface area contributed by atoms with Gasteiger partial charge in [-0.3, -0.25) is 5.10 Å². The lowest BCUT2D eigenvalue weighted by atomic mass is 10.1. The Labute approximate surface area is 92.4 Å². The van der Waals surface area contributed by atoms with E-state index in [9.17, 15) is 0 Å². The fourth-order valence-electron chi connectivity index (χ4n) is 1.66. The maximum Gasteiger partial charge on any atom is 0.125 e. The topological polar surface area (TPSA) is 54.5 Å². The van der Waals surface area contributed by atoms with Gasteiger partial charge in [0, 0.05) is 23.3 Å². The van der Waals surface area contributed by atoms with Gasteiger partial charge in [0.05, 0.1) is 11.7 Å². The SMILES string of the molecule is Cc1ncc(-c2ccc3[nH]ncc3c2)cn1. The zero-order chi connectivity index (χ0) is 11.0. The smallest absolute Gasteiger partial charge is 0.125 e. The first kappa shape index (κ1) is 9.03. The number of aryl methyl sites for hydroxylation is 1. The number of hydrogen-bond donors (Lipinski definition) is 1. The first-order valence-corrected chi connectivity index (χ1v) is 5.05. The highest BCUT2D eigenvalue weighted by molar-refractivity contribution is 5.83. The summed E-state index contributed by atoms with van der Waals surface area (Å²) in [7, 11) is 0. The van der Waals surface area contributed by atoms with Gasteiger partial charge in [0.15, 0.2) is 0 Å². The number of nitrogens with one attached hydrogen (secondary N) is 1. The minimum absolute atomic E-state index is 0.785. The largest absolute Gasteiger partial charge is 0.278 e.